The lowest BCUT2D eigenvalue weighted by Crippen LogP contribution is -2.65. The van der Waals surface area contributed by atoms with Crippen LogP contribution in [0.25, 0.3) is 0 Å². The van der Waals surface area contributed by atoms with E-state index in [2.05, 4.69) is 40.1 Å². The van der Waals surface area contributed by atoms with Crippen LogP contribution in [0.4, 0.5) is 5.69 Å². The molecule has 0 unspecified atom stereocenters. The number of hydrogen-bond acceptors (Lipinski definition) is 2. The third kappa shape index (κ3) is 4.70. The first kappa shape index (κ1) is 19.3. The zero-order chi connectivity index (χ0) is 18.4. The van der Waals surface area contributed by atoms with Crippen molar-refractivity contribution in [1.29, 1.82) is 0 Å². The molecule has 0 amide bonds. The second-order valence-electron chi connectivity index (χ2n) is 9.41. The lowest BCUT2D eigenvalue weighted by molar-refractivity contribution is 0.0754. The number of hydrogen-bond donors (Lipinski definition) is 0. The van der Waals surface area contributed by atoms with Crippen molar-refractivity contribution in [3.8, 4) is 0 Å². The smallest absolute Gasteiger partial charge is 0.0443 e. The normalized spacial score (nSPS) is 26.1. The van der Waals surface area contributed by atoms with E-state index < -0.39 is 0 Å². The first-order valence-corrected chi connectivity index (χ1v) is 11.9. The van der Waals surface area contributed by atoms with Crippen LogP contribution in [-0.4, -0.2) is 36.1 Å². The number of para-hydroxylation sites is 1. The number of anilines is 1. The summed E-state index contributed by atoms with van der Waals surface area (Å²) >= 11 is 0. The van der Waals surface area contributed by atoms with Crippen LogP contribution in [-0.2, 0) is 0 Å². The minimum absolute atomic E-state index is 0.475. The van der Waals surface area contributed by atoms with Crippen molar-refractivity contribution in [2.45, 2.75) is 101 Å². The van der Waals surface area contributed by atoms with Gasteiger partial charge < -0.3 is 9.80 Å². The summed E-state index contributed by atoms with van der Waals surface area (Å²) in [5.74, 6) is 0. The van der Waals surface area contributed by atoms with E-state index in [1.54, 1.807) is 0 Å². The molecule has 3 fully saturated rings. The maximum Gasteiger partial charge on any atom is 0.0443 e. The summed E-state index contributed by atoms with van der Waals surface area (Å²) < 4.78 is 0. The first-order valence-electron chi connectivity index (χ1n) is 11.9. The molecule has 2 heterocycles. The highest BCUT2D eigenvalue weighted by molar-refractivity contribution is 5.52. The van der Waals surface area contributed by atoms with Gasteiger partial charge in [0.2, 0.25) is 0 Å². The summed E-state index contributed by atoms with van der Waals surface area (Å²) in [5, 5.41) is 0. The molecule has 0 aromatic heterocycles. The minimum atomic E-state index is 0.475. The van der Waals surface area contributed by atoms with Gasteiger partial charge in [0, 0.05) is 36.9 Å². The Kier molecular flexibility index (Phi) is 6.76. The third-order valence-electron chi connectivity index (χ3n) is 7.76. The van der Waals surface area contributed by atoms with Crippen LogP contribution in [0.15, 0.2) is 30.3 Å². The van der Waals surface area contributed by atoms with Crippen LogP contribution in [0.3, 0.4) is 0 Å². The Morgan fingerprint density at radius 3 is 1.67 bits per heavy atom. The van der Waals surface area contributed by atoms with Gasteiger partial charge in [-0.2, -0.15) is 0 Å². The molecule has 0 N–H and O–H groups in total. The van der Waals surface area contributed by atoms with Crippen LogP contribution in [0, 0.1) is 0 Å². The molecule has 0 radical (unpaired) electrons. The summed E-state index contributed by atoms with van der Waals surface area (Å²) in [4.78, 5) is 5.60. The van der Waals surface area contributed by atoms with Gasteiger partial charge >= 0.3 is 0 Å². The van der Waals surface area contributed by atoms with Crippen molar-refractivity contribution < 1.29 is 0 Å². The lowest BCUT2D eigenvalue weighted by atomic mass is 9.75. The van der Waals surface area contributed by atoms with Crippen molar-refractivity contribution >= 4 is 5.69 Å². The zero-order valence-electron chi connectivity index (χ0n) is 17.4. The van der Waals surface area contributed by atoms with Gasteiger partial charge in [-0.15, -0.1) is 0 Å². The standard InChI is InChI=1S/C25H40N2/c1-2-4-6-9-13-23(14-10-7-5-3-1)26-20-17-25(18-21-26)19-22-27(25)24-15-11-8-12-16-24/h8,11-12,15-16,23H,1-7,9-10,13-14,17-22H2. The third-order valence-corrected chi connectivity index (χ3v) is 7.76. The van der Waals surface area contributed by atoms with E-state index >= 15 is 0 Å². The van der Waals surface area contributed by atoms with Crippen LogP contribution in [0.5, 0.6) is 0 Å². The van der Waals surface area contributed by atoms with Crippen LogP contribution in [0.2, 0.25) is 0 Å². The largest absolute Gasteiger partial charge is 0.366 e. The Morgan fingerprint density at radius 2 is 1.15 bits per heavy atom. The number of piperidine rings is 1. The van der Waals surface area contributed by atoms with Crippen LogP contribution < -0.4 is 4.90 Å². The molecule has 27 heavy (non-hydrogen) atoms. The van der Waals surface area contributed by atoms with Crippen LogP contribution >= 0.6 is 0 Å². The fourth-order valence-corrected chi connectivity index (χ4v) is 5.88. The van der Waals surface area contributed by atoms with E-state index in [9.17, 15) is 0 Å². The van der Waals surface area contributed by atoms with E-state index in [0.717, 1.165) is 6.04 Å². The molecular weight excluding hydrogens is 328 g/mol. The lowest BCUT2D eigenvalue weighted by Gasteiger charge is -2.58. The predicted octanol–water partition coefficient (Wildman–Crippen LogP) is 6.40. The van der Waals surface area contributed by atoms with E-state index in [1.165, 1.54) is 115 Å². The second-order valence-corrected chi connectivity index (χ2v) is 9.41. The van der Waals surface area contributed by atoms with Gasteiger partial charge in [-0.1, -0.05) is 76.0 Å². The number of nitrogens with zero attached hydrogens (tertiary/aromatic N) is 2. The van der Waals surface area contributed by atoms with Crippen molar-refractivity contribution in [2.24, 2.45) is 0 Å². The Hall–Kier alpha value is -1.02. The molecule has 1 spiro atoms. The fourth-order valence-electron chi connectivity index (χ4n) is 5.88. The molecule has 1 aromatic rings. The van der Waals surface area contributed by atoms with E-state index in [1.807, 2.05) is 0 Å². The van der Waals surface area contributed by atoms with Gasteiger partial charge in [-0.3, -0.25) is 0 Å². The molecule has 2 aliphatic heterocycles. The highest BCUT2D eigenvalue weighted by Gasteiger charge is 2.46. The first-order chi connectivity index (χ1) is 13.4. The average molecular weight is 369 g/mol. The quantitative estimate of drug-likeness (QED) is 0.595. The van der Waals surface area contributed by atoms with Crippen molar-refractivity contribution in [3.63, 3.8) is 0 Å². The average Bonchev–Trinajstić information content (AvgIpc) is 2.69. The van der Waals surface area contributed by atoms with E-state index in [-0.39, 0.29) is 0 Å². The summed E-state index contributed by atoms with van der Waals surface area (Å²) in [6.07, 6.45) is 20.3. The molecule has 2 heteroatoms. The van der Waals surface area contributed by atoms with Crippen molar-refractivity contribution in [2.75, 3.05) is 24.5 Å². The van der Waals surface area contributed by atoms with Crippen LogP contribution in [0.1, 0.15) is 89.9 Å². The molecule has 0 bridgehead atoms. The minimum Gasteiger partial charge on any atom is -0.366 e. The SMILES string of the molecule is c1ccc(N2CCC23CCN(C2CCCCCCCCCCC2)CC3)cc1. The second kappa shape index (κ2) is 9.45. The van der Waals surface area contributed by atoms with E-state index in [4.69, 9.17) is 0 Å². The molecule has 1 saturated carbocycles. The Balaban J connectivity index is 1.32. The molecule has 150 valence electrons. The van der Waals surface area contributed by atoms with Gasteiger partial charge in [0.25, 0.3) is 0 Å². The van der Waals surface area contributed by atoms with Crippen molar-refractivity contribution in [3.05, 3.63) is 30.3 Å². The molecule has 4 rings (SSSR count). The van der Waals surface area contributed by atoms with Gasteiger partial charge in [-0.05, 0) is 44.2 Å². The summed E-state index contributed by atoms with van der Waals surface area (Å²) in [7, 11) is 0. The van der Waals surface area contributed by atoms with Gasteiger partial charge in [0.1, 0.15) is 0 Å². The zero-order valence-corrected chi connectivity index (χ0v) is 17.4. The predicted molar refractivity (Wildman–Crippen MR) is 117 cm³/mol. The maximum absolute atomic E-state index is 2.89. The number of rotatable bonds is 2. The molecule has 0 atom stereocenters. The fraction of sp³-hybridized carbons (Fsp3) is 0.760. The van der Waals surface area contributed by atoms with E-state index in [0.29, 0.717) is 5.54 Å². The molecule has 2 nitrogen and oxygen atoms in total. The monoisotopic (exact) mass is 368 g/mol. The summed E-state index contributed by atoms with van der Waals surface area (Å²) in [5.41, 5.74) is 1.92. The van der Waals surface area contributed by atoms with Gasteiger partial charge in [0.15, 0.2) is 0 Å². The Labute approximate surface area is 167 Å². The van der Waals surface area contributed by atoms with Crippen molar-refractivity contribution in [1.82, 2.24) is 4.90 Å². The van der Waals surface area contributed by atoms with Gasteiger partial charge in [0.05, 0.1) is 0 Å². The molecule has 3 aliphatic rings. The molecule has 2 saturated heterocycles. The highest BCUT2D eigenvalue weighted by atomic mass is 15.3. The van der Waals surface area contributed by atoms with Gasteiger partial charge in [-0.25, -0.2) is 0 Å². The topological polar surface area (TPSA) is 6.48 Å². The summed E-state index contributed by atoms with van der Waals surface area (Å²) in [6, 6.07) is 12.0. The molecule has 1 aliphatic carbocycles. The number of benzene rings is 1. The molecular formula is C25H40N2. The highest BCUT2D eigenvalue weighted by Crippen LogP contribution is 2.43. The Bertz CT molecular complexity index is 535. The Morgan fingerprint density at radius 1 is 0.630 bits per heavy atom. The number of likely N-dealkylation sites (tertiary alicyclic amines) is 1. The summed E-state index contributed by atoms with van der Waals surface area (Å²) in [6.45, 7) is 3.91. The molecule has 1 aromatic carbocycles. The maximum atomic E-state index is 2.89.